The maximum atomic E-state index is 12.5. The smallest absolute Gasteiger partial charge is 0.330 e. The number of hydrogen-bond donors (Lipinski definition) is 1. The van der Waals surface area contributed by atoms with Crippen molar-refractivity contribution in [2.24, 2.45) is 0 Å². The van der Waals surface area contributed by atoms with E-state index in [1.807, 2.05) is 6.07 Å². The Bertz CT molecular complexity index is 586. The minimum absolute atomic E-state index is 0. The summed E-state index contributed by atoms with van der Waals surface area (Å²) in [5.74, 6) is 0.271. The Labute approximate surface area is 138 Å². The second kappa shape index (κ2) is 9.10. The lowest BCUT2D eigenvalue weighted by Crippen LogP contribution is -2.20. The van der Waals surface area contributed by atoms with Crippen molar-refractivity contribution in [2.75, 3.05) is 26.8 Å². The van der Waals surface area contributed by atoms with E-state index in [2.05, 4.69) is 10.1 Å². The highest BCUT2D eigenvalue weighted by Gasteiger charge is 2.14. The van der Waals surface area contributed by atoms with Crippen LogP contribution >= 0.6 is 0 Å². The van der Waals surface area contributed by atoms with Gasteiger partial charge >= 0.3 is 5.97 Å². The van der Waals surface area contributed by atoms with Gasteiger partial charge in [-0.05, 0) is 56.1 Å². The number of ketones is 1. The molecule has 0 aromatic heterocycles. The molecule has 126 valence electrons. The third-order valence-electron chi connectivity index (χ3n) is 3.68. The first-order chi connectivity index (χ1) is 11.2. The topological polar surface area (TPSA) is 64.6 Å². The molecule has 1 heterocycles. The van der Waals surface area contributed by atoms with Gasteiger partial charge in [-0.1, -0.05) is 6.07 Å². The summed E-state index contributed by atoms with van der Waals surface area (Å²) in [6.45, 7) is 2.43. The molecular formula is C18H25NO4. The standard InChI is InChI=1S/C18H23NO4.H2/c1-22-18(21)9-7-14-6-8-17-15(13-14)16(20)5-2-3-10-19-11-4-12-23-17;/h6-9,13,19H,2-5,10-12H2,1H3;1H/b9-7+;. The summed E-state index contributed by atoms with van der Waals surface area (Å²) in [4.78, 5) is 23.6. The van der Waals surface area contributed by atoms with Gasteiger partial charge in [0.2, 0.25) is 0 Å². The zero-order valence-electron chi connectivity index (χ0n) is 13.5. The Balaban J connectivity index is 0.00000288. The number of ether oxygens (including phenoxy) is 2. The van der Waals surface area contributed by atoms with Crippen molar-refractivity contribution in [3.05, 3.63) is 35.4 Å². The fraction of sp³-hybridized carbons (Fsp3) is 0.444. The molecule has 0 spiro atoms. The van der Waals surface area contributed by atoms with Crippen molar-refractivity contribution in [3.8, 4) is 5.75 Å². The molecule has 5 heteroatoms. The van der Waals surface area contributed by atoms with E-state index in [-0.39, 0.29) is 7.21 Å². The monoisotopic (exact) mass is 319 g/mol. The number of fused-ring (bicyclic) bond motifs is 1. The maximum absolute atomic E-state index is 12.5. The average Bonchev–Trinajstić information content (AvgIpc) is 2.57. The number of esters is 1. The van der Waals surface area contributed by atoms with Crippen LogP contribution in [-0.2, 0) is 9.53 Å². The molecule has 1 aromatic rings. The molecule has 0 fully saturated rings. The van der Waals surface area contributed by atoms with Crippen LogP contribution in [0.5, 0.6) is 5.75 Å². The molecule has 0 unspecified atom stereocenters. The molecule has 1 aliphatic heterocycles. The highest BCUT2D eigenvalue weighted by Crippen LogP contribution is 2.24. The number of carbonyl (C=O) groups is 2. The molecule has 5 nitrogen and oxygen atoms in total. The van der Waals surface area contributed by atoms with Gasteiger partial charge in [-0.25, -0.2) is 4.79 Å². The predicted octanol–water partition coefficient (Wildman–Crippen LogP) is 2.84. The van der Waals surface area contributed by atoms with Crippen LogP contribution in [0.3, 0.4) is 0 Å². The van der Waals surface area contributed by atoms with Gasteiger partial charge in [0.05, 0.1) is 19.3 Å². The van der Waals surface area contributed by atoms with Crippen molar-refractivity contribution in [1.29, 1.82) is 0 Å². The molecule has 0 amide bonds. The first kappa shape index (κ1) is 17.2. The second-order valence-corrected chi connectivity index (χ2v) is 5.44. The van der Waals surface area contributed by atoms with E-state index in [9.17, 15) is 9.59 Å². The van der Waals surface area contributed by atoms with E-state index in [0.29, 0.717) is 24.3 Å². The molecule has 0 bridgehead atoms. The van der Waals surface area contributed by atoms with Gasteiger partial charge in [0.1, 0.15) is 5.75 Å². The van der Waals surface area contributed by atoms with Crippen molar-refractivity contribution >= 4 is 17.8 Å². The Morgan fingerprint density at radius 1 is 1.30 bits per heavy atom. The number of methoxy groups -OCH3 is 1. The predicted molar refractivity (Wildman–Crippen MR) is 90.8 cm³/mol. The molecule has 0 saturated carbocycles. The van der Waals surface area contributed by atoms with E-state index in [1.54, 1.807) is 18.2 Å². The van der Waals surface area contributed by atoms with E-state index in [1.165, 1.54) is 13.2 Å². The summed E-state index contributed by atoms with van der Waals surface area (Å²) < 4.78 is 10.3. The SMILES string of the molecule is COC(=O)/C=C/c1ccc2c(c1)C(=O)CCCCNCCCO2.[HH]. The number of hydrogen-bond acceptors (Lipinski definition) is 5. The molecule has 2 rings (SSSR count). The Kier molecular flexibility index (Phi) is 6.81. The third-order valence-corrected chi connectivity index (χ3v) is 3.68. The quantitative estimate of drug-likeness (QED) is 0.671. The molecule has 1 N–H and O–H groups in total. The maximum Gasteiger partial charge on any atom is 0.330 e. The van der Waals surface area contributed by atoms with Crippen LogP contribution in [0.15, 0.2) is 24.3 Å². The van der Waals surface area contributed by atoms with Crippen LogP contribution in [0.1, 0.15) is 43.0 Å². The molecule has 23 heavy (non-hydrogen) atoms. The van der Waals surface area contributed by atoms with Gasteiger partial charge in [0, 0.05) is 13.9 Å². The summed E-state index contributed by atoms with van der Waals surface area (Å²) in [6.07, 6.45) is 6.23. The van der Waals surface area contributed by atoms with Crippen LogP contribution in [-0.4, -0.2) is 38.6 Å². The Morgan fingerprint density at radius 2 is 2.13 bits per heavy atom. The van der Waals surface area contributed by atoms with Gasteiger partial charge in [0.15, 0.2) is 5.78 Å². The van der Waals surface area contributed by atoms with E-state index in [4.69, 9.17) is 4.74 Å². The average molecular weight is 319 g/mol. The summed E-state index contributed by atoms with van der Waals surface area (Å²) in [6, 6.07) is 5.40. The summed E-state index contributed by atoms with van der Waals surface area (Å²) in [5, 5.41) is 3.34. The summed E-state index contributed by atoms with van der Waals surface area (Å²) in [5.41, 5.74) is 1.37. The second-order valence-electron chi connectivity index (χ2n) is 5.44. The van der Waals surface area contributed by atoms with Crippen molar-refractivity contribution in [3.63, 3.8) is 0 Å². The van der Waals surface area contributed by atoms with E-state index < -0.39 is 5.97 Å². The summed E-state index contributed by atoms with van der Waals surface area (Å²) >= 11 is 0. The Morgan fingerprint density at radius 3 is 2.96 bits per heavy atom. The highest BCUT2D eigenvalue weighted by atomic mass is 16.5. The first-order valence-electron chi connectivity index (χ1n) is 7.97. The van der Waals surface area contributed by atoms with Crippen LogP contribution in [0.4, 0.5) is 0 Å². The number of Topliss-reactive ketones (excluding diaryl/α,β-unsaturated/α-hetero) is 1. The van der Waals surface area contributed by atoms with E-state index >= 15 is 0 Å². The molecule has 0 radical (unpaired) electrons. The van der Waals surface area contributed by atoms with Gasteiger partial charge < -0.3 is 14.8 Å². The lowest BCUT2D eigenvalue weighted by atomic mass is 10.0. The van der Waals surface area contributed by atoms with E-state index in [0.717, 1.165) is 37.9 Å². The van der Waals surface area contributed by atoms with Gasteiger partial charge in [-0.2, -0.15) is 0 Å². The minimum Gasteiger partial charge on any atom is -0.493 e. The van der Waals surface area contributed by atoms with Crippen molar-refractivity contribution in [2.45, 2.75) is 25.7 Å². The first-order valence-corrected chi connectivity index (χ1v) is 7.97. The Hall–Kier alpha value is -2.14. The molecule has 0 aliphatic carbocycles. The number of rotatable bonds is 2. The fourth-order valence-electron chi connectivity index (χ4n) is 2.40. The molecular weight excluding hydrogens is 294 g/mol. The lowest BCUT2D eigenvalue weighted by molar-refractivity contribution is -0.134. The van der Waals surface area contributed by atoms with Crippen LogP contribution in [0.2, 0.25) is 0 Å². The lowest BCUT2D eigenvalue weighted by Gasteiger charge is -2.13. The molecule has 1 aliphatic rings. The van der Waals surface area contributed by atoms with Crippen LogP contribution in [0.25, 0.3) is 6.08 Å². The molecule has 1 aromatic carbocycles. The van der Waals surface area contributed by atoms with Crippen LogP contribution in [0, 0.1) is 0 Å². The number of benzene rings is 1. The van der Waals surface area contributed by atoms with Gasteiger partial charge in [-0.3, -0.25) is 4.79 Å². The van der Waals surface area contributed by atoms with Crippen LogP contribution < -0.4 is 10.1 Å². The molecule has 0 saturated heterocycles. The fourth-order valence-corrected chi connectivity index (χ4v) is 2.40. The summed E-state index contributed by atoms with van der Waals surface area (Å²) in [7, 11) is 1.33. The van der Waals surface area contributed by atoms with Gasteiger partial charge in [-0.15, -0.1) is 0 Å². The van der Waals surface area contributed by atoms with Crippen molar-refractivity contribution < 1.29 is 20.5 Å². The van der Waals surface area contributed by atoms with Gasteiger partial charge in [0.25, 0.3) is 0 Å². The minimum atomic E-state index is -0.423. The largest absolute Gasteiger partial charge is 0.493 e. The zero-order valence-corrected chi connectivity index (χ0v) is 13.5. The number of nitrogens with one attached hydrogen (secondary N) is 1. The number of carbonyl (C=O) groups excluding carboxylic acids is 2. The normalized spacial score (nSPS) is 16.8. The zero-order chi connectivity index (χ0) is 16.5. The molecule has 0 atom stereocenters. The highest BCUT2D eigenvalue weighted by molar-refractivity contribution is 5.99. The third kappa shape index (κ3) is 5.53. The van der Waals surface area contributed by atoms with Crippen molar-refractivity contribution in [1.82, 2.24) is 5.32 Å².